The number of fused-ring (bicyclic) bond motifs is 1. The Labute approximate surface area is 117 Å². The maximum absolute atomic E-state index is 4.11. The number of nitrogens with one attached hydrogen (secondary N) is 1. The highest BCUT2D eigenvalue weighted by molar-refractivity contribution is 7.17. The molecule has 0 fully saturated rings. The molecule has 1 N–H and O–H groups in total. The molecule has 0 aliphatic heterocycles. The number of pyridine rings is 1. The molecule has 2 nitrogen and oxygen atoms in total. The lowest BCUT2D eigenvalue weighted by Gasteiger charge is -2.19. The Morgan fingerprint density at radius 3 is 2.79 bits per heavy atom. The summed E-state index contributed by atoms with van der Waals surface area (Å²) in [6.45, 7) is 3.08. The molecule has 2 heterocycles. The molecule has 3 rings (SSSR count). The van der Waals surface area contributed by atoms with Crippen molar-refractivity contribution in [2.24, 2.45) is 0 Å². The van der Waals surface area contributed by atoms with Gasteiger partial charge in [0.2, 0.25) is 0 Å². The van der Waals surface area contributed by atoms with E-state index in [1.807, 2.05) is 23.7 Å². The first kappa shape index (κ1) is 12.3. The first-order chi connectivity index (χ1) is 9.40. The van der Waals surface area contributed by atoms with Crippen LogP contribution in [0.2, 0.25) is 0 Å². The minimum absolute atomic E-state index is 0.232. The van der Waals surface area contributed by atoms with Crippen molar-refractivity contribution in [1.82, 2.24) is 10.3 Å². The summed E-state index contributed by atoms with van der Waals surface area (Å²) in [5, 5.41) is 7.05. The minimum Gasteiger partial charge on any atom is -0.306 e. The van der Waals surface area contributed by atoms with Gasteiger partial charge in [-0.2, -0.15) is 0 Å². The van der Waals surface area contributed by atoms with Crippen LogP contribution >= 0.6 is 11.3 Å². The van der Waals surface area contributed by atoms with Crippen LogP contribution in [0.25, 0.3) is 10.1 Å². The SMILES string of the molecule is CCNC(c1ccncc1)c1cccc2ccsc12. The van der Waals surface area contributed by atoms with Crippen LogP contribution in [-0.2, 0) is 0 Å². The third kappa shape index (κ3) is 2.39. The highest BCUT2D eigenvalue weighted by Crippen LogP contribution is 2.32. The average Bonchev–Trinajstić information content (AvgIpc) is 2.94. The highest BCUT2D eigenvalue weighted by Gasteiger charge is 2.15. The van der Waals surface area contributed by atoms with Crippen molar-refractivity contribution in [2.45, 2.75) is 13.0 Å². The fraction of sp³-hybridized carbons (Fsp3) is 0.188. The fourth-order valence-electron chi connectivity index (χ4n) is 2.41. The van der Waals surface area contributed by atoms with Gasteiger partial charge in [-0.15, -0.1) is 11.3 Å². The van der Waals surface area contributed by atoms with E-state index >= 15 is 0 Å². The number of nitrogens with zero attached hydrogens (tertiary/aromatic N) is 1. The second-order valence-corrected chi connectivity index (χ2v) is 5.37. The fourth-order valence-corrected chi connectivity index (χ4v) is 3.36. The van der Waals surface area contributed by atoms with Crippen LogP contribution in [0.15, 0.2) is 54.2 Å². The van der Waals surface area contributed by atoms with Gasteiger partial charge in [-0.1, -0.05) is 25.1 Å². The lowest BCUT2D eigenvalue weighted by Crippen LogP contribution is -2.22. The van der Waals surface area contributed by atoms with Crippen LogP contribution in [0.5, 0.6) is 0 Å². The number of hydrogen-bond donors (Lipinski definition) is 1. The van der Waals surface area contributed by atoms with E-state index in [-0.39, 0.29) is 6.04 Å². The Balaban J connectivity index is 2.12. The van der Waals surface area contributed by atoms with Crippen LogP contribution in [0, 0.1) is 0 Å². The van der Waals surface area contributed by atoms with Gasteiger partial charge in [0.1, 0.15) is 0 Å². The molecule has 0 aliphatic rings. The van der Waals surface area contributed by atoms with E-state index in [2.05, 4.69) is 59.0 Å². The van der Waals surface area contributed by atoms with Gasteiger partial charge in [0.25, 0.3) is 0 Å². The first-order valence-electron chi connectivity index (χ1n) is 6.49. The molecule has 3 aromatic rings. The standard InChI is InChI=1S/C16H16N2S/c1-2-18-15(12-6-9-17-10-7-12)14-5-3-4-13-8-11-19-16(13)14/h3-11,15,18H,2H2,1H3. The Bertz CT molecular complexity index is 661. The minimum atomic E-state index is 0.232. The lowest BCUT2D eigenvalue weighted by atomic mass is 9.98. The highest BCUT2D eigenvalue weighted by atomic mass is 32.1. The number of rotatable bonds is 4. The molecule has 0 saturated carbocycles. The second-order valence-electron chi connectivity index (χ2n) is 4.46. The summed E-state index contributed by atoms with van der Waals surface area (Å²) in [6.07, 6.45) is 3.71. The molecule has 1 unspecified atom stereocenters. The van der Waals surface area contributed by atoms with E-state index in [0.29, 0.717) is 0 Å². The van der Waals surface area contributed by atoms with Gasteiger partial charge in [0.15, 0.2) is 0 Å². The molecule has 96 valence electrons. The summed E-state index contributed by atoms with van der Waals surface area (Å²) < 4.78 is 1.37. The monoisotopic (exact) mass is 268 g/mol. The van der Waals surface area contributed by atoms with Crippen molar-refractivity contribution < 1.29 is 0 Å². The lowest BCUT2D eigenvalue weighted by molar-refractivity contribution is 0.634. The summed E-state index contributed by atoms with van der Waals surface area (Å²) >= 11 is 1.81. The normalized spacial score (nSPS) is 12.7. The molecular formula is C16H16N2S. The second kappa shape index (κ2) is 5.51. The van der Waals surface area contributed by atoms with E-state index < -0.39 is 0 Å². The van der Waals surface area contributed by atoms with Crippen molar-refractivity contribution in [3.05, 3.63) is 65.3 Å². The molecule has 0 aliphatic carbocycles. The van der Waals surface area contributed by atoms with Gasteiger partial charge in [-0.05, 0) is 46.6 Å². The van der Waals surface area contributed by atoms with Crippen molar-refractivity contribution in [3.63, 3.8) is 0 Å². The van der Waals surface area contributed by atoms with Gasteiger partial charge >= 0.3 is 0 Å². The zero-order valence-corrected chi connectivity index (χ0v) is 11.7. The maximum Gasteiger partial charge on any atom is 0.0591 e. The number of benzene rings is 1. The van der Waals surface area contributed by atoms with Gasteiger partial charge in [0.05, 0.1) is 6.04 Å². The molecule has 0 radical (unpaired) electrons. The first-order valence-corrected chi connectivity index (χ1v) is 7.37. The largest absolute Gasteiger partial charge is 0.306 e. The van der Waals surface area contributed by atoms with E-state index in [9.17, 15) is 0 Å². The predicted molar refractivity (Wildman–Crippen MR) is 81.6 cm³/mol. The third-order valence-electron chi connectivity index (χ3n) is 3.27. The molecule has 1 aromatic carbocycles. The Hall–Kier alpha value is -1.71. The summed E-state index contributed by atoms with van der Waals surface area (Å²) in [6, 6.07) is 13.1. The van der Waals surface area contributed by atoms with E-state index in [1.165, 1.54) is 21.2 Å². The van der Waals surface area contributed by atoms with Crippen molar-refractivity contribution in [2.75, 3.05) is 6.54 Å². The summed E-state index contributed by atoms with van der Waals surface area (Å²) in [4.78, 5) is 4.11. The Morgan fingerprint density at radius 1 is 1.16 bits per heavy atom. The number of hydrogen-bond acceptors (Lipinski definition) is 3. The quantitative estimate of drug-likeness (QED) is 0.773. The number of thiophene rings is 1. The Kier molecular flexibility index (Phi) is 3.58. The summed E-state index contributed by atoms with van der Waals surface area (Å²) in [7, 11) is 0. The molecule has 1 atom stereocenters. The molecule has 0 bridgehead atoms. The van der Waals surface area contributed by atoms with Crippen molar-refractivity contribution >= 4 is 21.4 Å². The molecule has 0 saturated heterocycles. The van der Waals surface area contributed by atoms with Crippen LogP contribution < -0.4 is 5.32 Å². The molecule has 0 spiro atoms. The predicted octanol–water partition coefficient (Wildman–Crippen LogP) is 4.00. The molecule has 2 aromatic heterocycles. The Morgan fingerprint density at radius 2 is 2.00 bits per heavy atom. The van der Waals surface area contributed by atoms with Gasteiger partial charge in [0, 0.05) is 17.1 Å². The molecule has 0 amide bonds. The topological polar surface area (TPSA) is 24.9 Å². The average molecular weight is 268 g/mol. The molecular weight excluding hydrogens is 252 g/mol. The van der Waals surface area contributed by atoms with Crippen LogP contribution in [0.3, 0.4) is 0 Å². The van der Waals surface area contributed by atoms with Gasteiger partial charge in [-0.25, -0.2) is 0 Å². The van der Waals surface area contributed by atoms with Crippen molar-refractivity contribution in [1.29, 1.82) is 0 Å². The van der Waals surface area contributed by atoms with Crippen molar-refractivity contribution in [3.8, 4) is 0 Å². The maximum atomic E-state index is 4.11. The van der Waals surface area contributed by atoms with E-state index in [1.54, 1.807) is 0 Å². The van der Waals surface area contributed by atoms with Crippen LogP contribution in [-0.4, -0.2) is 11.5 Å². The van der Waals surface area contributed by atoms with Crippen LogP contribution in [0.1, 0.15) is 24.1 Å². The van der Waals surface area contributed by atoms with E-state index in [0.717, 1.165) is 6.54 Å². The van der Waals surface area contributed by atoms with Gasteiger partial charge in [-0.3, -0.25) is 4.98 Å². The number of aromatic nitrogens is 1. The smallest absolute Gasteiger partial charge is 0.0591 e. The summed E-state index contributed by atoms with van der Waals surface area (Å²) in [5.74, 6) is 0. The molecule has 19 heavy (non-hydrogen) atoms. The zero-order chi connectivity index (χ0) is 13.1. The zero-order valence-electron chi connectivity index (χ0n) is 10.8. The molecule has 3 heteroatoms. The third-order valence-corrected chi connectivity index (χ3v) is 4.25. The van der Waals surface area contributed by atoms with E-state index in [4.69, 9.17) is 0 Å². The van der Waals surface area contributed by atoms with Gasteiger partial charge < -0.3 is 5.32 Å². The summed E-state index contributed by atoms with van der Waals surface area (Å²) in [5.41, 5.74) is 2.61. The van der Waals surface area contributed by atoms with Crippen LogP contribution in [0.4, 0.5) is 0 Å².